The van der Waals surface area contributed by atoms with Crippen LogP contribution in [-0.4, -0.2) is 84.2 Å². The fraction of sp³-hybridized carbons (Fsp3) is 0.435. The number of hydrogen-bond donors (Lipinski definition) is 0. The highest BCUT2D eigenvalue weighted by Gasteiger charge is 2.48. The standard InChI is InChI=1S/C23H26N4O5S/c28-21-22(29)27(19-7-3-4-8-19)23(30)26(21)16-24-11-13-25(14-12-24)33(31,32)20-10-9-17-5-1-2-6-18(17)15-20/h1-2,5-6,9-10,15,19H,3-4,7-8,11-14,16H2. The van der Waals surface area contributed by atoms with Gasteiger partial charge < -0.3 is 0 Å². The number of rotatable bonds is 5. The Morgan fingerprint density at radius 2 is 1.48 bits per heavy atom. The largest absolute Gasteiger partial charge is 0.335 e. The first-order valence-electron chi connectivity index (χ1n) is 11.3. The number of carbonyl (C=O) groups is 3. The molecule has 1 saturated carbocycles. The molecule has 33 heavy (non-hydrogen) atoms. The molecule has 2 saturated heterocycles. The topological polar surface area (TPSA) is 98.3 Å². The third-order valence-corrected chi connectivity index (χ3v) is 8.70. The number of fused-ring (bicyclic) bond motifs is 1. The third-order valence-electron chi connectivity index (χ3n) is 6.81. The molecule has 3 fully saturated rings. The number of imide groups is 2. The predicted molar refractivity (Wildman–Crippen MR) is 120 cm³/mol. The first kappa shape index (κ1) is 22.0. The molecule has 3 aliphatic rings. The van der Waals surface area contributed by atoms with Gasteiger partial charge in [-0.3, -0.25) is 19.4 Å². The molecule has 2 aromatic rings. The van der Waals surface area contributed by atoms with Crippen molar-refractivity contribution in [2.75, 3.05) is 32.8 Å². The summed E-state index contributed by atoms with van der Waals surface area (Å²) in [4.78, 5) is 41.8. The van der Waals surface area contributed by atoms with E-state index in [1.54, 1.807) is 18.2 Å². The summed E-state index contributed by atoms with van der Waals surface area (Å²) in [5, 5.41) is 1.84. The van der Waals surface area contributed by atoms with Gasteiger partial charge >= 0.3 is 17.8 Å². The monoisotopic (exact) mass is 470 g/mol. The van der Waals surface area contributed by atoms with Crippen molar-refractivity contribution in [1.29, 1.82) is 0 Å². The number of nitrogens with zero attached hydrogens (tertiary/aromatic N) is 4. The zero-order valence-electron chi connectivity index (χ0n) is 18.2. The molecule has 2 aliphatic heterocycles. The minimum Gasteiger partial charge on any atom is -0.283 e. The van der Waals surface area contributed by atoms with Crippen molar-refractivity contribution >= 4 is 38.6 Å². The molecule has 2 aromatic carbocycles. The Labute approximate surface area is 192 Å². The van der Waals surface area contributed by atoms with Gasteiger partial charge in [0.15, 0.2) is 0 Å². The van der Waals surface area contributed by atoms with Crippen molar-refractivity contribution in [3.05, 3.63) is 42.5 Å². The van der Waals surface area contributed by atoms with E-state index in [-0.39, 0.29) is 30.7 Å². The minimum absolute atomic E-state index is 0.00348. The number of carbonyl (C=O) groups excluding carboxylic acids is 3. The molecule has 9 nitrogen and oxygen atoms in total. The van der Waals surface area contributed by atoms with E-state index in [9.17, 15) is 22.8 Å². The minimum atomic E-state index is -3.66. The normalized spacial score (nSPS) is 21.6. The highest BCUT2D eigenvalue weighted by Crippen LogP contribution is 2.28. The van der Waals surface area contributed by atoms with Crippen molar-refractivity contribution in [2.45, 2.75) is 36.6 Å². The van der Waals surface area contributed by atoms with Crippen molar-refractivity contribution in [3.8, 4) is 0 Å². The Morgan fingerprint density at radius 3 is 2.18 bits per heavy atom. The fourth-order valence-corrected chi connectivity index (χ4v) is 6.38. The van der Waals surface area contributed by atoms with Crippen LogP contribution in [0, 0.1) is 0 Å². The van der Waals surface area contributed by atoms with Crippen LogP contribution < -0.4 is 0 Å². The molecule has 2 heterocycles. The molecule has 4 amide bonds. The van der Waals surface area contributed by atoms with Gasteiger partial charge in [-0.1, -0.05) is 43.2 Å². The van der Waals surface area contributed by atoms with Gasteiger partial charge in [-0.05, 0) is 35.7 Å². The maximum absolute atomic E-state index is 13.2. The van der Waals surface area contributed by atoms with Gasteiger partial charge in [-0.15, -0.1) is 0 Å². The number of urea groups is 1. The number of piperazine rings is 1. The molecule has 0 unspecified atom stereocenters. The Hall–Kier alpha value is -2.82. The summed E-state index contributed by atoms with van der Waals surface area (Å²) in [6.45, 7) is 1.21. The zero-order chi connectivity index (χ0) is 23.2. The van der Waals surface area contributed by atoms with Crippen LogP contribution in [0.5, 0.6) is 0 Å². The van der Waals surface area contributed by atoms with E-state index < -0.39 is 27.9 Å². The van der Waals surface area contributed by atoms with E-state index in [1.807, 2.05) is 29.2 Å². The van der Waals surface area contributed by atoms with E-state index in [2.05, 4.69) is 0 Å². The Balaban J connectivity index is 1.24. The van der Waals surface area contributed by atoms with Crippen LogP contribution in [0.25, 0.3) is 10.8 Å². The average molecular weight is 471 g/mol. The molecule has 174 valence electrons. The number of hydrogen-bond acceptors (Lipinski definition) is 6. The first-order chi connectivity index (χ1) is 15.9. The quantitative estimate of drug-likeness (QED) is 0.489. The second-order valence-electron chi connectivity index (χ2n) is 8.80. The van der Waals surface area contributed by atoms with Crippen LogP contribution in [0.1, 0.15) is 25.7 Å². The lowest BCUT2D eigenvalue weighted by molar-refractivity contribution is -0.144. The lowest BCUT2D eigenvalue weighted by atomic mass is 10.1. The number of amides is 4. The second kappa shape index (κ2) is 8.51. The molecule has 5 rings (SSSR count). The first-order valence-corrected chi connectivity index (χ1v) is 12.7. The fourth-order valence-electron chi connectivity index (χ4n) is 4.92. The van der Waals surface area contributed by atoms with Crippen molar-refractivity contribution in [3.63, 3.8) is 0 Å². The van der Waals surface area contributed by atoms with Crippen molar-refractivity contribution in [2.24, 2.45) is 0 Å². The molecule has 0 radical (unpaired) electrons. The maximum atomic E-state index is 13.2. The van der Waals surface area contributed by atoms with Gasteiger partial charge in [-0.25, -0.2) is 18.1 Å². The summed E-state index contributed by atoms with van der Waals surface area (Å²) >= 11 is 0. The zero-order valence-corrected chi connectivity index (χ0v) is 19.0. The Bertz CT molecular complexity index is 1220. The number of sulfonamides is 1. The second-order valence-corrected chi connectivity index (χ2v) is 10.7. The molecular formula is C23H26N4O5S. The highest BCUT2D eigenvalue weighted by molar-refractivity contribution is 7.89. The van der Waals surface area contributed by atoms with Crippen LogP contribution in [0.15, 0.2) is 47.4 Å². The van der Waals surface area contributed by atoms with Gasteiger partial charge in [0.1, 0.15) is 0 Å². The van der Waals surface area contributed by atoms with Gasteiger partial charge in [0.2, 0.25) is 10.0 Å². The SMILES string of the molecule is O=C1C(=O)N(C2CCCC2)C(=O)N1CN1CCN(S(=O)(=O)c2ccc3ccccc3c2)CC1. The summed E-state index contributed by atoms with van der Waals surface area (Å²) in [6.07, 6.45) is 3.38. The van der Waals surface area contributed by atoms with Gasteiger partial charge in [-0.2, -0.15) is 4.31 Å². The molecule has 10 heteroatoms. The van der Waals surface area contributed by atoms with Crippen LogP contribution in [0.2, 0.25) is 0 Å². The average Bonchev–Trinajstić information content (AvgIpc) is 3.42. The summed E-state index contributed by atoms with van der Waals surface area (Å²) in [5.74, 6) is -1.54. The summed E-state index contributed by atoms with van der Waals surface area (Å²) < 4.78 is 27.7. The van der Waals surface area contributed by atoms with E-state index in [1.165, 1.54) is 4.31 Å². The lowest BCUT2D eigenvalue weighted by Gasteiger charge is -2.35. The Morgan fingerprint density at radius 1 is 0.818 bits per heavy atom. The van der Waals surface area contributed by atoms with E-state index in [0.29, 0.717) is 13.1 Å². The summed E-state index contributed by atoms with van der Waals surface area (Å²) in [6, 6.07) is 12.0. The predicted octanol–water partition coefficient (Wildman–Crippen LogP) is 1.84. The number of benzene rings is 2. The maximum Gasteiger partial charge on any atom is 0.335 e. The van der Waals surface area contributed by atoms with Gasteiger partial charge in [0, 0.05) is 32.2 Å². The molecular weight excluding hydrogens is 444 g/mol. The van der Waals surface area contributed by atoms with Crippen LogP contribution in [-0.2, 0) is 19.6 Å². The smallest absolute Gasteiger partial charge is 0.283 e. The van der Waals surface area contributed by atoms with E-state index in [4.69, 9.17) is 0 Å². The summed E-state index contributed by atoms with van der Waals surface area (Å²) in [5.41, 5.74) is 0. The molecule has 0 aromatic heterocycles. The van der Waals surface area contributed by atoms with E-state index >= 15 is 0 Å². The molecule has 1 aliphatic carbocycles. The third kappa shape index (κ3) is 3.92. The lowest BCUT2D eigenvalue weighted by Crippen LogP contribution is -2.52. The van der Waals surface area contributed by atoms with Gasteiger partial charge in [0.25, 0.3) is 0 Å². The van der Waals surface area contributed by atoms with Gasteiger partial charge in [0.05, 0.1) is 11.6 Å². The molecule has 0 atom stereocenters. The Kier molecular flexibility index (Phi) is 5.67. The molecule has 0 N–H and O–H groups in total. The van der Waals surface area contributed by atoms with Crippen LogP contribution >= 0.6 is 0 Å². The van der Waals surface area contributed by atoms with Crippen LogP contribution in [0.4, 0.5) is 4.79 Å². The van der Waals surface area contributed by atoms with E-state index in [0.717, 1.165) is 46.3 Å². The van der Waals surface area contributed by atoms with Crippen molar-refractivity contribution in [1.82, 2.24) is 19.0 Å². The van der Waals surface area contributed by atoms with Crippen LogP contribution in [0.3, 0.4) is 0 Å². The molecule has 0 spiro atoms. The molecule has 0 bridgehead atoms. The highest BCUT2D eigenvalue weighted by atomic mass is 32.2. The van der Waals surface area contributed by atoms with Crippen molar-refractivity contribution < 1.29 is 22.8 Å². The summed E-state index contributed by atoms with van der Waals surface area (Å²) in [7, 11) is -3.66.